The van der Waals surface area contributed by atoms with Gasteiger partial charge in [-0.05, 0) is 37.3 Å². The van der Waals surface area contributed by atoms with E-state index in [0.717, 1.165) is 12.5 Å². The van der Waals surface area contributed by atoms with Gasteiger partial charge >= 0.3 is 0 Å². The largest absolute Gasteiger partial charge is 0.329 e. The molecule has 1 saturated carbocycles. The van der Waals surface area contributed by atoms with Crippen LogP contribution in [0.2, 0.25) is 0 Å². The van der Waals surface area contributed by atoms with E-state index in [1.807, 2.05) is 11.8 Å². The summed E-state index contributed by atoms with van der Waals surface area (Å²) in [6.07, 6.45) is 5.28. The van der Waals surface area contributed by atoms with Crippen LogP contribution in [0.1, 0.15) is 38.2 Å². The topological polar surface area (TPSA) is 26.0 Å². The van der Waals surface area contributed by atoms with E-state index in [1.54, 1.807) is 0 Å². The molecule has 17 heavy (non-hydrogen) atoms. The van der Waals surface area contributed by atoms with E-state index in [1.165, 1.54) is 36.1 Å². The minimum atomic E-state index is 0.325. The minimum Gasteiger partial charge on any atom is -0.329 e. The van der Waals surface area contributed by atoms with Crippen molar-refractivity contribution in [1.82, 2.24) is 0 Å². The molecule has 0 bridgehead atoms. The van der Waals surface area contributed by atoms with Crippen molar-refractivity contribution >= 4 is 11.8 Å². The average molecular weight is 249 g/mol. The molecular weight excluding hydrogens is 226 g/mol. The molecule has 2 heteroatoms. The molecule has 2 rings (SSSR count). The summed E-state index contributed by atoms with van der Waals surface area (Å²) in [5, 5.41) is 0. The first-order chi connectivity index (χ1) is 8.19. The number of nitrogens with two attached hydrogens (primary N) is 1. The Hall–Kier alpha value is -0.470. The first-order valence-corrected chi connectivity index (χ1v) is 7.45. The maximum atomic E-state index is 6.00. The summed E-state index contributed by atoms with van der Waals surface area (Å²) in [6, 6.07) is 8.65. The van der Waals surface area contributed by atoms with Crippen LogP contribution >= 0.6 is 11.8 Å². The Balaban J connectivity index is 2.00. The monoisotopic (exact) mass is 249 g/mol. The van der Waals surface area contributed by atoms with Gasteiger partial charge in [-0.1, -0.05) is 38.0 Å². The van der Waals surface area contributed by atoms with Crippen molar-refractivity contribution in [1.29, 1.82) is 0 Å². The smallest absolute Gasteiger partial charge is 0.0334 e. The maximum absolute atomic E-state index is 6.00. The number of hydrogen-bond donors (Lipinski definition) is 1. The molecule has 1 fully saturated rings. The summed E-state index contributed by atoms with van der Waals surface area (Å²) in [5.74, 6) is 0.917. The zero-order valence-electron chi connectivity index (χ0n) is 10.9. The van der Waals surface area contributed by atoms with E-state index in [0.29, 0.717) is 4.75 Å². The van der Waals surface area contributed by atoms with E-state index < -0.39 is 0 Å². The molecule has 94 valence electrons. The van der Waals surface area contributed by atoms with Crippen molar-refractivity contribution in [2.24, 2.45) is 11.7 Å². The van der Waals surface area contributed by atoms with Crippen LogP contribution in [0.25, 0.3) is 0 Å². The van der Waals surface area contributed by atoms with Gasteiger partial charge in [0.2, 0.25) is 0 Å². The lowest BCUT2D eigenvalue weighted by molar-refractivity contribution is 0.220. The highest BCUT2D eigenvalue weighted by atomic mass is 32.2. The van der Waals surface area contributed by atoms with Gasteiger partial charge in [-0.3, -0.25) is 0 Å². The van der Waals surface area contributed by atoms with Gasteiger partial charge in [0.15, 0.2) is 0 Å². The second kappa shape index (κ2) is 5.45. The van der Waals surface area contributed by atoms with Gasteiger partial charge < -0.3 is 5.73 Å². The lowest BCUT2D eigenvalue weighted by atomic mass is 9.72. The zero-order valence-corrected chi connectivity index (χ0v) is 11.7. The Kier molecular flexibility index (Phi) is 4.16. The number of rotatable bonds is 5. The highest BCUT2D eigenvalue weighted by Gasteiger charge is 2.43. The molecule has 0 aromatic heterocycles. The number of aryl methyl sites for hydroxylation is 1. The molecule has 0 unspecified atom stereocenters. The summed E-state index contributed by atoms with van der Waals surface area (Å²) >= 11 is 2.01. The van der Waals surface area contributed by atoms with Crippen molar-refractivity contribution < 1.29 is 0 Å². The molecule has 0 radical (unpaired) electrons. The number of thioether (sulfide) groups is 1. The molecule has 0 amide bonds. The zero-order chi connectivity index (χ0) is 12.3. The van der Waals surface area contributed by atoms with Crippen molar-refractivity contribution in [3.05, 3.63) is 29.8 Å². The van der Waals surface area contributed by atoms with Crippen LogP contribution in [-0.4, -0.2) is 11.3 Å². The van der Waals surface area contributed by atoms with Gasteiger partial charge in [0.25, 0.3) is 0 Å². The molecular formula is C15H23NS. The predicted molar refractivity (Wildman–Crippen MR) is 76.5 cm³/mol. The third kappa shape index (κ3) is 2.86. The van der Waals surface area contributed by atoms with Crippen molar-refractivity contribution in [3.63, 3.8) is 0 Å². The first-order valence-electron chi connectivity index (χ1n) is 6.64. The molecule has 1 aliphatic rings. The minimum absolute atomic E-state index is 0.325. The predicted octanol–water partition coefficient (Wildman–Crippen LogP) is 3.99. The third-order valence-electron chi connectivity index (χ3n) is 3.81. The number of benzene rings is 1. The van der Waals surface area contributed by atoms with E-state index in [-0.39, 0.29) is 0 Å². The molecule has 0 aliphatic heterocycles. The molecule has 2 N–H and O–H groups in total. The maximum Gasteiger partial charge on any atom is 0.0334 e. The molecule has 1 aromatic carbocycles. The summed E-state index contributed by atoms with van der Waals surface area (Å²) in [6.45, 7) is 5.28. The fraction of sp³-hybridized carbons (Fsp3) is 0.600. The Morgan fingerprint density at radius 2 is 2.06 bits per heavy atom. The molecule has 0 atom stereocenters. The van der Waals surface area contributed by atoms with Crippen molar-refractivity contribution in [2.75, 3.05) is 6.54 Å². The normalized spacial score (nSPS) is 27.8. The van der Waals surface area contributed by atoms with Crippen LogP contribution in [0.5, 0.6) is 0 Å². The summed E-state index contributed by atoms with van der Waals surface area (Å²) < 4.78 is 0.325. The van der Waals surface area contributed by atoms with E-state index in [4.69, 9.17) is 5.73 Å². The highest BCUT2D eigenvalue weighted by molar-refractivity contribution is 8.00. The van der Waals surface area contributed by atoms with Crippen LogP contribution in [0, 0.1) is 12.8 Å². The Morgan fingerprint density at radius 1 is 1.35 bits per heavy atom. The van der Waals surface area contributed by atoms with Crippen LogP contribution in [0.4, 0.5) is 0 Å². The standard InChI is InChI=1S/C15H23NS/c1-3-6-13-9-15(10-13,11-16)17-14-8-5-4-7-12(14)2/h4-5,7-8,13H,3,6,9-11,16H2,1-2H3. The second-order valence-electron chi connectivity index (χ2n) is 5.32. The molecule has 0 saturated heterocycles. The second-order valence-corrected chi connectivity index (χ2v) is 6.83. The molecule has 0 spiro atoms. The number of hydrogen-bond acceptors (Lipinski definition) is 2. The lowest BCUT2D eigenvalue weighted by Crippen LogP contribution is -2.46. The fourth-order valence-electron chi connectivity index (χ4n) is 2.80. The van der Waals surface area contributed by atoms with Gasteiger partial charge in [-0.15, -0.1) is 11.8 Å². The van der Waals surface area contributed by atoms with Crippen LogP contribution in [-0.2, 0) is 0 Å². The Labute approximate surface area is 109 Å². The van der Waals surface area contributed by atoms with Crippen LogP contribution < -0.4 is 5.73 Å². The van der Waals surface area contributed by atoms with Gasteiger partial charge in [-0.25, -0.2) is 0 Å². The van der Waals surface area contributed by atoms with E-state index in [9.17, 15) is 0 Å². The molecule has 1 nitrogen and oxygen atoms in total. The molecule has 0 heterocycles. The van der Waals surface area contributed by atoms with E-state index >= 15 is 0 Å². The summed E-state index contributed by atoms with van der Waals surface area (Å²) in [5.41, 5.74) is 7.38. The van der Waals surface area contributed by atoms with Crippen molar-refractivity contribution in [3.8, 4) is 0 Å². The summed E-state index contributed by atoms with van der Waals surface area (Å²) in [4.78, 5) is 1.41. The third-order valence-corrected chi connectivity index (χ3v) is 5.42. The van der Waals surface area contributed by atoms with Crippen LogP contribution in [0.15, 0.2) is 29.2 Å². The van der Waals surface area contributed by atoms with Gasteiger partial charge in [0.1, 0.15) is 0 Å². The first kappa shape index (κ1) is 13.0. The lowest BCUT2D eigenvalue weighted by Gasteiger charge is -2.47. The van der Waals surface area contributed by atoms with Crippen LogP contribution in [0.3, 0.4) is 0 Å². The Bertz CT molecular complexity index is 369. The highest BCUT2D eigenvalue weighted by Crippen LogP contribution is 2.52. The fourth-order valence-corrected chi connectivity index (χ4v) is 4.36. The van der Waals surface area contributed by atoms with E-state index in [2.05, 4.69) is 38.1 Å². The molecule has 1 aromatic rings. The quantitative estimate of drug-likeness (QED) is 0.853. The van der Waals surface area contributed by atoms with Gasteiger partial charge in [-0.2, -0.15) is 0 Å². The van der Waals surface area contributed by atoms with Gasteiger partial charge in [0.05, 0.1) is 0 Å². The van der Waals surface area contributed by atoms with Crippen molar-refractivity contribution in [2.45, 2.75) is 49.2 Å². The van der Waals surface area contributed by atoms with Gasteiger partial charge in [0, 0.05) is 16.2 Å². The Morgan fingerprint density at radius 3 is 2.65 bits per heavy atom. The SMILES string of the molecule is CCCC1CC(CN)(Sc2ccccc2C)C1. The summed E-state index contributed by atoms with van der Waals surface area (Å²) in [7, 11) is 0. The average Bonchev–Trinajstić information content (AvgIpc) is 2.29. The molecule has 1 aliphatic carbocycles.